The predicted octanol–water partition coefficient (Wildman–Crippen LogP) is -5.27. The van der Waals surface area contributed by atoms with Crippen molar-refractivity contribution in [2.75, 3.05) is 0 Å². The van der Waals surface area contributed by atoms with Gasteiger partial charge in [0.05, 0.1) is 0 Å². The third kappa shape index (κ3) is 8.86. The average Bonchev–Trinajstić information content (AvgIpc) is 0. The minimum Gasteiger partial charge on any atom is -0.0149 e. The molecule has 0 amide bonds. The Labute approximate surface area is 73.3 Å². The van der Waals surface area contributed by atoms with Crippen LogP contribution in [0.5, 0.6) is 0 Å². The van der Waals surface area contributed by atoms with Crippen LogP contribution in [-0.2, 0) is 0 Å². The monoisotopic (exact) mass is 300 g/mol. The summed E-state index contributed by atoms with van der Waals surface area (Å²) in [7, 11) is 0. The van der Waals surface area contributed by atoms with Crippen LogP contribution in [0, 0.1) is 0 Å². The first-order valence-electron chi connectivity index (χ1n) is 0. The van der Waals surface area contributed by atoms with Gasteiger partial charge in [-0.05, 0) is 11.0 Å². The van der Waals surface area contributed by atoms with Gasteiger partial charge in [-0.25, -0.2) is 0 Å². The van der Waals surface area contributed by atoms with E-state index in [1.54, 1.807) is 0 Å². The molecule has 4 heteroatoms. The second kappa shape index (κ2) is 18.7. The maximum absolute atomic E-state index is 0. The fourth-order valence-corrected chi connectivity index (χ4v) is 0. The Morgan fingerprint density at radius 3 is 1.00 bits per heavy atom. The molecular formula is H14GaGeInSi. The smallest absolute Gasteiger partial charge is 0.0149 e. The van der Waals surface area contributed by atoms with Crippen molar-refractivity contribution in [1.82, 2.24) is 0 Å². The van der Waals surface area contributed by atoms with Crippen LogP contribution < -0.4 is 0 Å². The molecule has 0 aromatic heterocycles. The molecular weight excluding hydrogens is 285 g/mol. The van der Waals surface area contributed by atoms with Crippen LogP contribution in [0.1, 0.15) is 0 Å². The standard InChI is InChI=1S/Ga.GeH4.In.H4Si.6H/h;1H4;;1H4;;;;;;. The van der Waals surface area contributed by atoms with E-state index >= 15 is 0 Å². The van der Waals surface area contributed by atoms with Crippen molar-refractivity contribution in [1.29, 1.82) is 0 Å². The molecule has 0 saturated heterocycles. The van der Waals surface area contributed by atoms with Crippen LogP contribution in [0.3, 0.4) is 0 Å². The van der Waals surface area contributed by atoms with Crippen LogP contribution in [0.2, 0.25) is 0 Å². The Morgan fingerprint density at radius 1 is 1.00 bits per heavy atom. The Morgan fingerprint density at radius 2 is 1.00 bits per heavy atom. The van der Waals surface area contributed by atoms with Crippen LogP contribution in [-0.4, -0.2) is 74.2 Å². The zero-order valence-corrected chi connectivity index (χ0v) is 0. The largest absolute Gasteiger partial charge is 0.0149 e. The van der Waals surface area contributed by atoms with Gasteiger partial charge in [0.2, 0.25) is 0 Å². The van der Waals surface area contributed by atoms with Crippen LogP contribution >= 0.6 is 0 Å². The molecule has 0 unspecified atom stereocenters. The van der Waals surface area contributed by atoms with Gasteiger partial charge in [-0.1, -0.05) is 0 Å². The van der Waals surface area contributed by atoms with Gasteiger partial charge in [0.1, 0.15) is 0 Å². The van der Waals surface area contributed by atoms with Crippen LogP contribution in [0.25, 0.3) is 0 Å². The number of hydrogen-bond acceptors (Lipinski definition) is 0. The van der Waals surface area contributed by atoms with Crippen molar-refractivity contribution in [3.05, 3.63) is 0 Å². The predicted molar refractivity (Wildman–Crippen MR) is 42.5 cm³/mol. The molecule has 0 heterocycles. The van der Waals surface area contributed by atoms with Gasteiger partial charge >= 0.3 is 63.2 Å². The maximum Gasteiger partial charge on any atom is -0.0149 e. The number of rotatable bonds is 0. The summed E-state index contributed by atoms with van der Waals surface area (Å²) in [5, 5.41) is 0. The second-order valence-electron chi connectivity index (χ2n) is 0. The first kappa shape index (κ1) is 33.8. The van der Waals surface area contributed by atoms with Gasteiger partial charge in [0.15, 0.2) is 0 Å². The molecule has 0 atom stereocenters. The van der Waals surface area contributed by atoms with Crippen LogP contribution in [0.4, 0.5) is 0 Å². The van der Waals surface area contributed by atoms with E-state index in [2.05, 4.69) is 0 Å². The molecule has 0 nitrogen and oxygen atoms in total. The first-order chi connectivity index (χ1) is 0. The molecule has 0 aliphatic heterocycles. The van der Waals surface area contributed by atoms with Crippen molar-refractivity contribution in [3.8, 4) is 0 Å². The molecule has 28 valence electrons. The van der Waals surface area contributed by atoms with E-state index in [0.29, 0.717) is 0 Å². The quantitative estimate of drug-likeness (QED) is 0.392. The van der Waals surface area contributed by atoms with Crippen molar-refractivity contribution >= 4 is 74.2 Å². The van der Waals surface area contributed by atoms with Gasteiger partial charge in [-0.2, -0.15) is 0 Å². The van der Waals surface area contributed by atoms with E-state index in [9.17, 15) is 0 Å². The van der Waals surface area contributed by atoms with Gasteiger partial charge in [0.25, 0.3) is 0 Å². The molecule has 4 heavy (non-hydrogen) atoms. The minimum atomic E-state index is 0. The molecule has 0 spiro atoms. The summed E-state index contributed by atoms with van der Waals surface area (Å²) in [6.45, 7) is 0. The molecule has 0 saturated carbocycles. The summed E-state index contributed by atoms with van der Waals surface area (Å²) >= 11 is 0. The topological polar surface area (TPSA) is 0 Å². The Hall–Kier alpha value is 2.27. The summed E-state index contributed by atoms with van der Waals surface area (Å²) in [5.74, 6) is 0. The fraction of sp³-hybridized carbons (Fsp3) is 0. The minimum absolute atomic E-state index is 0. The van der Waals surface area contributed by atoms with E-state index in [0.717, 1.165) is 0 Å². The van der Waals surface area contributed by atoms with Crippen molar-refractivity contribution < 1.29 is 0 Å². The van der Waals surface area contributed by atoms with Crippen molar-refractivity contribution in [2.45, 2.75) is 0 Å². The molecule has 0 N–H and O–H groups in total. The van der Waals surface area contributed by atoms with E-state index in [1.165, 1.54) is 0 Å². The summed E-state index contributed by atoms with van der Waals surface area (Å²) in [6, 6.07) is 0. The van der Waals surface area contributed by atoms with Gasteiger partial charge < -0.3 is 0 Å². The number of hydrogen-bond donors (Lipinski definition) is 0. The van der Waals surface area contributed by atoms with Gasteiger partial charge in [0, 0.05) is 0 Å². The average molecular weight is 299 g/mol. The normalized spacial score (nSPS) is 0. The first-order valence-corrected chi connectivity index (χ1v) is 0. The third-order valence-electron chi connectivity index (χ3n) is 0. The van der Waals surface area contributed by atoms with Crippen molar-refractivity contribution in [2.24, 2.45) is 0 Å². The molecule has 0 fully saturated rings. The zero-order valence-electron chi connectivity index (χ0n) is 0. The summed E-state index contributed by atoms with van der Waals surface area (Å²) < 4.78 is 0. The van der Waals surface area contributed by atoms with Crippen LogP contribution in [0.15, 0.2) is 0 Å². The van der Waals surface area contributed by atoms with E-state index in [-0.39, 0.29) is 74.2 Å². The summed E-state index contributed by atoms with van der Waals surface area (Å²) in [6.07, 6.45) is 0. The summed E-state index contributed by atoms with van der Waals surface area (Å²) in [4.78, 5) is 0. The van der Waals surface area contributed by atoms with E-state index in [4.69, 9.17) is 0 Å². The Kier molecular flexibility index (Phi) is 158. The van der Waals surface area contributed by atoms with E-state index < -0.39 is 0 Å². The molecule has 0 radical (unpaired) electrons. The zero-order chi connectivity index (χ0) is 0. The van der Waals surface area contributed by atoms with Crippen molar-refractivity contribution in [3.63, 3.8) is 0 Å². The SMILES string of the molecule is [GaH3].[GeH4].[InH3].[SiH4]. The molecule has 0 aromatic rings. The van der Waals surface area contributed by atoms with Gasteiger partial charge in [-0.15, -0.1) is 0 Å². The third-order valence-corrected chi connectivity index (χ3v) is 0. The Balaban J connectivity index is 0. The second-order valence-corrected chi connectivity index (χ2v) is 0. The maximum atomic E-state index is 0. The van der Waals surface area contributed by atoms with Gasteiger partial charge in [-0.3, -0.25) is 0 Å². The Bertz CT molecular complexity index is 8.00. The fourth-order valence-electron chi connectivity index (χ4n) is 0. The van der Waals surface area contributed by atoms with E-state index in [1.807, 2.05) is 0 Å². The summed E-state index contributed by atoms with van der Waals surface area (Å²) in [5.41, 5.74) is 0. The molecule has 0 bridgehead atoms. The molecule has 0 aromatic carbocycles. The molecule has 0 rings (SSSR count). The molecule has 0 aliphatic rings. The molecule has 0 aliphatic carbocycles.